The van der Waals surface area contributed by atoms with Crippen LogP contribution in [0.15, 0.2) is 24.3 Å². The minimum Gasteiger partial charge on any atom is -0.345 e. The molecule has 2 heteroatoms. The fourth-order valence-electron chi connectivity index (χ4n) is 1.51. The molecule has 2 nitrogen and oxygen atoms in total. The topological polar surface area (TPSA) is 29.1 Å². The van der Waals surface area contributed by atoms with Gasteiger partial charge in [0.2, 0.25) is 5.91 Å². The molecule has 1 amide bonds. The third-order valence-electron chi connectivity index (χ3n) is 2.26. The highest BCUT2D eigenvalue weighted by Gasteiger charge is 1.96. The zero-order valence-electron chi connectivity index (χ0n) is 12.7. The van der Waals surface area contributed by atoms with Crippen LogP contribution in [0, 0.1) is 17.8 Å². The van der Waals surface area contributed by atoms with Crippen LogP contribution in [0.3, 0.4) is 0 Å². The monoisotopic (exact) mass is 261 g/mol. The first kappa shape index (κ1) is 17.2. The number of rotatable bonds is 3. The fraction of sp³-hybridized carbons (Fsp3) is 0.471. The summed E-state index contributed by atoms with van der Waals surface area (Å²) >= 11 is 0. The van der Waals surface area contributed by atoms with Crippen molar-refractivity contribution in [2.24, 2.45) is 5.92 Å². The van der Waals surface area contributed by atoms with E-state index in [2.05, 4.69) is 43.1 Å². The molecule has 0 saturated heterocycles. The first-order valence-corrected chi connectivity index (χ1v) is 6.90. The van der Waals surface area contributed by atoms with Gasteiger partial charge in [0.15, 0.2) is 0 Å². The van der Waals surface area contributed by atoms with Gasteiger partial charge in [-0.2, -0.15) is 0 Å². The zero-order chi connectivity index (χ0) is 14.7. The summed E-state index contributed by atoms with van der Waals surface area (Å²) in [6, 6.07) is 8.28. The van der Waals surface area contributed by atoms with E-state index >= 15 is 0 Å². The van der Waals surface area contributed by atoms with Crippen LogP contribution in [0.25, 0.3) is 0 Å². The molecule has 0 bridgehead atoms. The van der Waals surface area contributed by atoms with Crippen molar-refractivity contribution in [1.82, 2.24) is 5.32 Å². The minimum atomic E-state index is -0.0495. The summed E-state index contributed by atoms with van der Waals surface area (Å²) in [6.45, 7) is 10.3. The number of carbonyl (C=O) groups excluding carboxylic acids is 1. The molecule has 0 aliphatic carbocycles. The van der Waals surface area contributed by atoms with E-state index in [1.807, 2.05) is 26.0 Å². The average molecular weight is 261 g/mol. The largest absolute Gasteiger partial charge is 0.345 e. The lowest BCUT2D eigenvalue weighted by atomic mass is 10.0. The first-order chi connectivity index (χ1) is 9.08. The van der Waals surface area contributed by atoms with Gasteiger partial charge >= 0.3 is 0 Å². The van der Waals surface area contributed by atoms with E-state index in [0.717, 1.165) is 12.0 Å². The number of hydrogen-bond donors (Lipinski definition) is 1. The predicted molar refractivity (Wildman–Crippen MR) is 84.0 cm³/mol. The normalized spacial score (nSPS) is 8.95. The molecule has 0 aliphatic heterocycles. The van der Waals surface area contributed by atoms with Crippen molar-refractivity contribution in [1.29, 1.82) is 0 Å². The van der Waals surface area contributed by atoms with E-state index in [1.165, 1.54) is 12.5 Å². The van der Waals surface area contributed by atoms with Gasteiger partial charge in [0.25, 0.3) is 0 Å². The molecule has 0 unspecified atom stereocenters. The zero-order valence-corrected chi connectivity index (χ0v) is 12.7. The van der Waals surface area contributed by atoms with Gasteiger partial charge < -0.3 is 5.32 Å². The second kappa shape index (κ2) is 10.2. The van der Waals surface area contributed by atoms with Gasteiger partial charge in [0.1, 0.15) is 0 Å². The summed E-state index contributed by atoms with van der Waals surface area (Å²) in [6.07, 6.45) is 1.10. The molecule has 1 N–H and O–H groups in total. The molecule has 19 heavy (non-hydrogen) atoms. The Bertz CT molecular complexity index is 427. The molecule has 1 rings (SSSR count). The number of amides is 1. The summed E-state index contributed by atoms with van der Waals surface area (Å²) < 4.78 is 0. The Morgan fingerprint density at radius 3 is 2.32 bits per heavy atom. The van der Waals surface area contributed by atoms with Gasteiger partial charge in [-0.25, -0.2) is 0 Å². The maximum Gasteiger partial charge on any atom is 0.217 e. The summed E-state index contributed by atoms with van der Waals surface area (Å²) in [7, 11) is 0. The second-order valence-corrected chi connectivity index (χ2v) is 4.51. The summed E-state index contributed by atoms with van der Waals surface area (Å²) in [5.41, 5.74) is 2.33. The molecule has 0 aliphatic rings. The minimum absolute atomic E-state index is 0. The van der Waals surface area contributed by atoms with E-state index in [9.17, 15) is 4.79 Å². The van der Waals surface area contributed by atoms with Crippen molar-refractivity contribution < 1.29 is 6.22 Å². The third-order valence-corrected chi connectivity index (χ3v) is 2.26. The number of benzene rings is 1. The van der Waals surface area contributed by atoms with Gasteiger partial charge in [0.05, 0.1) is 6.54 Å². The highest BCUT2D eigenvalue weighted by Crippen LogP contribution is 2.08. The quantitative estimate of drug-likeness (QED) is 0.827. The molecule has 0 aromatic heterocycles. The number of carbonyl (C=O) groups is 1. The van der Waals surface area contributed by atoms with Gasteiger partial charge in [-0.3, -0.25) is 4.79 Å². The molecule has 1 aromatic carbocycles. The van der Waals surface area contributed by atoms with E-state index in [-0.39, 0.29) is 7.33 Å². The summed E-state index contributed by atoms with van der Waals surface area (Å²) in [5.74, 6) is 6.55. The highest BCUT2D eigenvalue weighted by molar-refractivity contribution is 5.73. The van der Waals surface area contributed by atoms with Crippen LogP contribution in [0.4, 0.5) is 0 Å². The molecule has 0 fully saturated rings. The number of hydrogen-bond acceptors (Lipinski definition) is 1. The average Bonchev–Trinajstić information content (AvgIpc) is 2.38. The Morgan fingerprint density at radius 1 is 1.26 bits per heavy atom. The maximum atomic E-state index is 10.6. The van der Waals surface area contributed by atoms with Crippen LogP contribution in [0.1, 0.15) is 47.2 Å². The van der Waals surface area contributed by atoms with E-state index in [0.29, 0.717) is 12.5 Å². The lowest BCUT2D eigenvalue weighted by Gasteiger charge is -2.04. The Hall–Kier alpha value is -1.75. The Morgan fingerprint density at radius 2 is 1.84 bits per heavy atom. The van der Waals surface area contributed by atoms with Crippen molar-refractivity contribution in [3.05, 3.63) is 35.4 Å². The van der Waals surface area contributed by atoms with Gasteiger partial charge in [0, 0.05) is 13.9 Å². The SMILES string of the molecule is CC.CC(=O)NCC#Cc1ccc(CC(C)C)cc1.[HH]. The molecule has 0 atom stereocenters. The van der Waals surface area contributed by atoms with Crippen molar-refractivity contribution in [2.45, 2.75) is 41.0 Å². The predicted octanol–water partition coefficient (Wildman–Crippen LogP) is 3.64. The first-order valence-electron chi connectivity index (χ1n) is 6.90. The van der Waals surface area contributed by atoms with E-state index in [1.54, 1.807) is 0 Å². The molecule has 0 radical (unpaired) electrons. The third kappa shape index (κ3) is 8.90. The van der Waals surface area contributed by atoms with Crippen LogP contribution in [-0.2, 0) is 11.2 Å². The lowest BCUT2D eigenvalue weighted by Crippen LogP contribution is -2.19. The smallest absolute Gasteiger partial charge is 0.217 e. The van der Waals surface area contributed by atoms with Crippen LogP contribution in [0.2, 0.25) is 0 Å². The van der Waals surface area contributed by atoms with E-state index in [4.69, 9.17) is 0 Å². The molecule has 1 aromatic rings. The maximum absolute atomic E-state index is 10.6. The van der Waals surface area contributed by atoms with Crippen LogP contribution in [0.5, 0.6) is 0 Å². The van der Waals surface area contributed by atoms with Crippen LogP contribution < -0.4 is 5.32 Å². The summed E-state index contributed by atoms with van der Waals surface area (Å²) in [4.78, 5) is 10.6. The lowest BCUT2D eigenvalue weighted by molar-refractivity contribution is -0.118. The van der Waals surface area contributed by atoms with Gasteiger partial charge in [-0.1, -0.05) is 51.7 Å². The number of nitrogens with one attached hydrogen (secondary N) is 1. The van der Waals surface area contributed by atoms with E-state index < -0.39 is 0 Å². The van der Waals surface area contributed by atoms with Crippen LogP contribution >= 0.6 is 0 Å². The fourth-order valence-corrected chi connectivity index (χ4v) is 1.51. The summed E-state index contributed by atoms with van der Waals surface area (Å²) in [5, 5.41) is 2.64. The molecular formula is C17H27NO. The van der Waals surface area contributed by atoms with Gasteiger partial charge in [-0.15, -0.1) is 0 Å². The molecule has 106 valence electrons. The van der Waals surface area contributed by atoms with Crippen molar-refractivity contribution >= 4 is 5.91 Å². The molecule has 0 spiro atoms. The van der Waals surface area contributed by atoms with Crippen molar-refractivity contribution in [2.75, 3.05) is 6.54 Å². The standard InChI is InChI=1S/C15H19NO.C2H6.H2/c1-12(2)11-15-8-6-14(7-9-15)5-4-10-16-13(3)17;1-2;/h6-9,12H,10-11H2,1-3H3,(H,16,17);1-2H3;1H. The Balaban J connectivity index is 0. The second-order valence-electron chi connectivity index (χ2n) is 4.51. The molecule has 0 heterocycles. The Labute approximate surface area is 119 Å². The van der Waals surface area contributed by atoms with Gasteiger partial charge in [-0.05, 0) is 30.0 Å². The van der Waals surface area contributed by atoms with Crippen molar-refractivity contribution in [3.8, 4) is 11.8 Å². The van der Waals surface area contributed by atoms with Crippen LogP contribution in [-0.4, -0.2) is 12.5 Å². The molecular weight excluding hydrogens is 234 g/mol. The Kier molecular flexibility index (Phi) is 9.26. The molecule has 0 saturated carbocycles. The van der Waals surface area contributed by atoms with Crippen molar-refractivity contribution in [3.63, 3.8) is 0 Å². The highest BCUT2D eigenvalue weighted by atomic mass is 16.1.